The third-order valence-electron chi connectivity index (χ3n) is 8.10. The van der Waals surface area contributed by atoms with Crippen molar-refractivity contribution < 1.29 is 5.11 Å². The normalized spacial score (nSPS) is 17.1. The number of hydrogen-bond acceptors (Lipinski definition) is 4. The maximum Gasteiger partial charge on any atom is 0.271 e. The molecule has 1 N–H and O–H groups in total. The Kier molecular flexibility index (Phi) is 6.67. The van der Waals surface area contributed by atoms with Gasteiger partial charge in [-0.1, -0.05) is 101 Å². The van der Waals surface area contributed by atoms with Crippen LogP contribution < -0.4 is 14.9 Å². The molecular formula is C35H35ClN2O2S. The van der Waals surface area contributed by atoms with Gasteiger partial charge in [0.2, 0.25) is 0 Å². The topological polar surface area (TPSA) is 54.6 Å². The summed E-state index contributed by atoms with van der Waals surface area (Å²) in [7, 11) is 0. The molecule has 0 fully saturated rings. The smallest absolute Gasteiger partial charge is 0.271 e. The predicted octanol–water partition coefficient (Wildman–Crippen LogP) is 7.27. The number of nitrogens with zero attached hydrogens (tertiary/aromatic N) is 2. The van der Waals surface area contributed by atoms with E-state index in [1.54, 1.807) is 0 Å². The zero-order valence-electron chi connectivity index (χ0n) is 24.4. The number of allylic oxidation sites excluding steroid dienone is 1. The van der Waals surface area contributed by atoms with Crippen molar-refractivity contribution in [2.24, 2.45) is 4.99 Å². The molecule has 4 aromatic rings. The van der Waals surface area contributed by atoms with Gasteiger partial charge >= 0.3 is 0 Å². The third-order valence-corrected chi connectivity index (χ3v) is 9.34. The summed E-state index contributed by atoms with van der Waals surface area (Å²) in [6.07, 6.45) is 3.72. The molecule has 0 saturated carbocycles. The van der Waals surface area contributed by atoms with Crippen molar-refractivity contribution in [3.63, 3.8) is 0 Å². The lowest BCUT2D eigenvalue weighted by molar-refractivity contribution is 0.423. The van der Waals surface area contributed by atoms with Crippen molar-refractivity contribution >= 4 is 34.7 Å². The number of fused-ring (bicyclic) bond motifs is 3. The number of thiazole rings is 1. The van der Waals surface area contributed by atoms with E-state index in [0.29, 0.717) is 20.1 Å². The van der Waals surface area contributed by atoms with Crippen LogP contribution in [0.2, 0.25) is 5.02 Å². The predicted molar refractivity (Wildman–Crippen MR) is 170 cm³/mol. The lowest BCUT2D eigenvalue weighted by atomic mass is 9.78. The molecule has 0 bridgehead atoms. The molecule has 1 aromatic heterocycles. The maximum absolute atomic E-state index is 14.2. The molecule has 1 atom stereocenters. The molecule has 0 saturated heterocycles. The fraction of sp³-hybridized carbons (Fsp3) is 0.314. The molecule has 41 heavy (non-hydrogen) atoms. The minimum Gasteiger partial charge on any atom is -0.507 e. The van der Waals surface area contributed by atoms with Gasteiger partial charge in [-0.2, -0.15) is 0 Å². The van der Waals surface area contributed by atoms with Crippen LogP contribution in [0.1, 0.15) is 87.4 Å². The van der Waals surface area contributed by atoms with E-state index in [1.807, 2.05) is 47.0 Å². The van der Waals surface area contributed by atoms with Crippen LogP contribution >= 0.6 is 22.9 Å². The van der Waals surface area contributed by atoms with Gasteiger partial charge in [-0.3, -0.25) is 9.36 Å². The second-order valence-electron chi connectivity index (χ2n) is 13.1. The Morgan fingerprint density at radius 1 is 0.951 bits per heavy atom. The van der Waals surface area contributed by atoms with Gasteiger partial charge in [-0.05, 0) is 76.3 Å². The zero-order valence-corrected chi connectivity index (χ0v) is 26.0. The van der Waals surface area contributed by atoms with Crippen molar-refractivity contribution in [3.8, 4) is 5.75 Å². The SMILES string of the molecule is CC(C)(C)c1cc(/C=c2\sc3n(c2=O)[C@H](c2ccc(Cl)cc2)C2=C(N=3)c3ccccc3CC2)cc(C(C)(C)C)c1O. The molecule has 0 spiro atoms. The van der Waals surface area contributed by atoms with Gasteiger partial charge in [-0.15, -0.1) is 0 Å². The molecule has 210 valence electrons. The van der Waals surface area contributed by atoms with E-state index in [2.05, 4.69) is 65.8 Å². The highest BCUT2D eigenvalue weighted by molar-refractivity contribution is 7.07. The first kappa shape index (κ1) is 27.7. The van der Waals surface area contributed by atoms with E-state index < -0.39 is 0 Å². The second-order valence-corrected chi connectivity index (χ2v) is 14.6. The van der Waals surface area contributed by atoms with Gasteiger partial charge in [0.25, 0.3) is 5.56 Å². The summed E-state index contributed by atoms with van der Waals surface area (Å²) in [5.74, 6) is 0.331. The van der Waals surface area contributed by atoms with Crippen LogP contribution in [-0.4, -0.2) is 9.67 Å². The first-order chi connectivity index (χ1) is 19.3. The maximum atomic E-state index is 14.2. The fourth-order valence-corrected chi connectivity index (χ4v) is 7.13. The van der Waals surface area contributed by atoms with Crippen molar-refractivity contribution in [2.75, 3.05) is 0 Å². The number of aromatic hydroxyl groups is 1. The largest absolute Gasteiger partial charge is 0.507 e. The second kappa shape index (κ2) is 9.85. The Bertz CT molecular complexity index is 1860. The standard InChI is InChI=1S/C35H35ClN2O2S/c1-34(2,3)26-17-20(18-27(31(26)39)35(4,5)6)19-28-32(40)38-30(22-11-14-23(36)15-12-22)25-16-13-21-9-7-8-10-24(21)29(25)37-33(38)41-28/h7-12,14-15,17-19,30,39H,13,16H2,1-6H3/b28-19-/t30-/m1/s1. The molecular weight excluding hydrogens is 548 g/mol. The molecule has 6 rings (SSSR count). The molecule has 2 heterocycles. The Labute approximate surface area is 250 Å². The summed E-state index contributed by atoms with van der Waals surface area (Å²) in [6, 6.07) is 20.0. The summed E-state index contributed by atoms with van der Waals surface area (Å²) in [6.45, 7) is 12.6. The Morgan fingerprint density at radius 3 is 2.22 bits per heavy atom. The van der Waals surface area contributed by atoms with Gasteiger partial charge in [-0.25, -0.2) is 4.99 Å². The summed E-state index contributed by atoms with van der Waals surface area (Å²) >= 11 is 7.69. The molecule has 4 nitrogen and oxygen atoms in total. The molecule has 6 heteroatoms. The first-order valence-electron chi connectivity index (χ1n) is 14.1. The lowest BCUT2D eigenvalue weighted by Crippen LogP contribution is -2.38. The van der Waals surface area contributed by atoms with Crippen LogP contribution in [0.5, 0.6) is 5.75 Å². The van der Waals surface area contributed by atoms with Crippen molar-refractivity contribution in [1.82, 2.24) is 4.57 Å². The van der Waals surface area contributed by atoms with Crippen LogP contribution in [0.4, 0.5) is 0 Å². The van der Waals surface area contributed by atoms with E-state index in [1.165, 1.54) is 22.5 Å². The Hall–Kier alpha value is -3.41. The fourth-order valence-electron chi connectivity index (χ4n) is 6.00. The Morgan fingerprint density at radius 2 is 1.59 bits per heavy atom. The van der Waals surface area contributed by atoms with E-state index >= 15 is 0 Å². The van der Waals surface area contributed by atoms with Gasteiger partial charge < -0.3 is 5.11 Å². The molecule has 0 unspecified atom stereocenters. The average molecular weight is 583 g/mol. The van der Waals surface area contributed by atoms with E-state index in [9.17, 15) is 9.90 Å². The quantitative estimate of drug-likeness (QED) is 0.270. The number of aromatic nitrogens is 1. The number of phenols is 1. The van der Waals surface area contributed by atoms with E-state index in [-0.39, 0.29) is 22.4 Å². The molecule has 2 aliphatic rings. The van der Waals surface area contributed by atoms with Gasteiger partial charge in [0.1, 0.15) is 5.75 Å². The zero-order chi connectivity index (χ0) is 29.3. The number of hydrogen-bond donors (Lipinski definition) is 1. The van der Waals surface area contributed by atoms with Gasteiger partial charge in [0.05, 0.1) is 16.3 Å². The molecule has 3 aromatic carbocycles. The molecule has 1 aliphatic carbocycles. The molecule has 1 aliphatic heterocycles. The number of phenolic OH excluding ortho intramolecular Hbond substituents is 1. The van der Waals surface area contributed by atoms with Crippen LogP contribution in [-0.2, 0) is 17.3 Å². The minimum absolute atomic E-state index is 0.0539. The van der Waals surface area contributed by atoms with E-state index in [4.69, 9.17) is 16.6 Å². The summed E-state index contributed by atoms with van der Waals surface area (Å²) in [5, 5.41) is 11.9. The Balaban J connectivity index is 1.61. The monoisotopic (exact) mass is 582 g/mol. The number of aryl methyl sites for hydroxylation is 1. The van der Waals surface area contributed by atoms with Gasteiger partial charge in [0, 0.05) is 21.7 Å². The lowest BCUT2D eigenvalue weighted by Gasteiger charge is -2.30. The highest BCUT2D eigenvalue weighted by Gasteiger charge is 2.33. The first-order valence-corrected chi connectivity index (χ1v) is 15.3. The highest BCUT2D eigenvalue weighted by Crippen LogP contribution is 2.42. The van der Waals surface area contributed by atoms with Crippen molar-refractivity contribution in [1.29, 1.82) is 0 Å². The summed E-state index contributed by atoms with van der Waals surface area (Å²) in [5.41, 5.74) is 7.68. The van der Waals surface area contributed by atoms with Crippen molar-refractivity contribution in [2.45, 2.75) is 71.3 Å². The summed E-state index contributed by atoms with van der Waals surface area (Å²) in [4.78, 5) is 20.0. The van der Waals surface area contributed by atoms with Gasteiger partial charge in [0.15, 0.2) is 4.80 Å². The molecule has 0 amide bonds. The van der Waals surface area contributed by atoms with Crippen LogP contribution in [0, 0.1) is 0 Å². The average Bonchev–Trinajstić information content (AvgIpc) is 3.22. The van der Waals surface area contributed by atoms with Crippen LogP contribution in [0.15, 0.2) is 76.0 Å². The van der Waals surface area contributed by atoms with Crippen LogP contribution in [0.25, 0.3) is 11.8 Å². The third kappa shape index (κ3) is 4.89. The minimum atomic E-state index is -0.261. The number of benzene rings is 3. The molecule has 0 radical (unpaired) electrons. The number of rotatable bonds is 2. The van der Waals surface area contributed by atoms with Crippen molar-refractivity contribution in [3.05, 3.63) is 124 Å². The summed E-state index contributed by atoms with van der Waals surface area (Å²) < 4.78 is 2.49. The van der Waals surface area contributed by atoms with Crippen LogP contribution in [0.3, 0.4) is 0 Å². The highest BCUT2D eigenvalue weighted by atomic mass is 35.5. The van der Waals surface area contributed by atoms with E-state index in [0.717, 1.165) is 46.4 Å². The number of halogens is 1.